The van der Waals surface area contributed by atoms with Crippen LogP contribution in [0, 0.1) is 6.92 Å². The van der Waals surface area contributed by atoms with Crippen LogP contribution >= 0.6 is 0 Å². The smallest absolute Gasteiger partial charge is 0.258 e. The van der Waals surface area contributed by atoms with E-state index >= 15 is 0 Å². The molecule has 1 aliphatic rings. The Balaban J connectivity index is 1.76. The van der Waals surface area contributed by atoms with Gasteiger partial charge in [0.1, 0.15) is 0 Å². The van der Waals surface area contributed by atoms with E-state index in [1.807, 2.05) is 37.3 Å². The van der Waals surface area contributed by atoms with Gasteiger partial charge in [0.25, 0.3) is 11.8 Å². The van der Waals surface area contributed by atoms with Crippen LogP contribution in [-0.2, 0) is 14.8 Å². The summed E-state index contributed by atoms with van der Waals surface area (Å²) in [6, 6.07) is 21.4. The molecule has 0 saturated carbocycles. The quantitative estimate of drug-likeness (QED) is 0.403. The van der Waals surface area contributed by atoms with Gasteiger partial charge in [0.2, 0.25) is 10.0 Å². The van der Waals surface area contributed by atoms with Crippen molar-refractivity contribution in [2.24, 2.45) is 0 Å². The molecule has 0 spiro atoms. The number of carbonyl (C=O) groups excluding carboxylic acids is 2. The minimum atomic E-state index is -3.45. The van der Waals surface area contributed by atoms with E-state index in [9.17, 15) is 18.0 Å². The van der Waals surface area contributed by atoms with E-state index in [1.165, 1.54) is 4.31 Å². The van der Waals surface area contributed by atoms with Gasteiger partial charge in [0.15, 0.2) is 0 Å². The molecule has 3 aromatic carbocycles. The van der Waals surface area contributed by atoms with Gasteiger partial charge >= 0.3 is 0 Å². The zero-order chi connectivity index (χ0) is 25.9. The zero-order valence-electron chi connectivity index (χ0n) is 20.0. The summed E-state index contributed by atoms with van der Waals surface area (Å²) in [6.07, 6.45) is 1.13. The lowest BCUT2D eigenvalue weighted by Gasteiger charge is -2.21. The molecule has 0 saturated heterocycles. The van der Waals surface area contributed by atoms with E-state index in [1.54, 1.807) is 42.5 Å². The van der Waals surface area contributed by atoms with Gasteiger partial charge in [-0.15, -0.1) is 0 Å². The topological polar surface area (TPSA) is 108 Å². The Morgan fingerprint density at radius 3 is 2.31 bits per heavy atom. The van der Waals surface area contributed by atoms with Crippen LogP contribution in [0.1, 0.15) is 28.4 Å². The lowest BCUT2D eigenvalue weighted by molar-refractivity contribution is -0.110. The molecule has 9 heteroatoms. The van der Waals surface area contributed by atoms with Crippen LogP contribution in [0.2, 0.25) is 0 Å². The lowest BCUT2D eigenvalue weighted by atomic mass is 9.99. The molecule has 4 rings (SSSR count). The zero-order valence-corrected chi connectivity index (χ0v) is 20.9. The maximum atomic E-state index is 13.1. The third kappa shape index (κ3) is 5.11. The summed E-state index contributed by atoms with van der Waals surface area (Å²) < 4.78 is 25.3. The predicted octanol–water partition coefficient (Wildman–Crippen LogP) is 3.97. The average molecular weight is 504 g/mol. The first-order valence-corrected chi connectivity index (χ1v) is 13.3. The van der Waals surface area contributed by atoms with Gasteiger partial charge in [-0.25, -0.2) is 8.42 Å². The van der Waals surface area contributed by atoms with Crippen LogP contribution in [0.15, 0.2) is 72.8 Å². The minimum absolute atomic E-state index is 0.0696. The largest absolute Gasteiger partial charge is 0.354 e. The average Bonchev–Trinajstić information content (AvgIpc) is 3.18. The van der Waals surface area contributed by atoms with E-state index < -0.39 is 10.0 Å². The number of benzene rings is 3. The van der Waals surface area contributed by atoms with Gasteiger partial charge < -0.3 is 16.0 Å². The number of fused-ring (bicyclic) bond motifs is 1. The van der Waals surface area contributed by atoms with Crippen LogP contribution in [0.3, 0.4) is 0 Å². The van der Waals surface area contributed by atoms with Crippen molar-refractivity contribution in [3.8, 4) is 0 Å². The van der Waals surface area contributed by atoms with E-state index in [2.05, 4.69) is 22.9 Å². The van der Waals surface area contributed by atoms with Crippen LogP contribution in [0.25, 0.3) is 11.3 Å². The molecule has 0 atom stereocenters. The number of hydrogen-bond acceptors (Lipinski definition) is 5. The van der Waals surface area contributed by atoms with E-state index in [0.717, 1.165) is 11.8 Å². The number of rotatable bonds is 8. The Morgan fingerprint density at radius 1 is 1.00 bits per heavy atom. The first-order chi connectivity index (χ1) is 17.2. The van der Waals surface area contributed by atoms with Gasteiger partial charge in [-0.3, -0.25) is 13.9 Å². The highest BCUT2D eigenvalue weighted by molar-refractivity contribution is 7.92. The summed E-state index contributed by atoms with van der Waals surface area (Å²) in [7, 11) is -3.45. The first kappa shape index (κ1) is 25.0. The number of sulfonamides is 1. The second-order valence-electron chi connectivity index (χ2n) is 8.20. The fourth-order valence-corrected chi connectivity index (χ4v) is 4.89. The van der Waals surface area contributed by atoms with Crippen molar-refractivity contribution in [2.45, 2.75) is 6.92 Å². The standard InChI is InChI=1S/C27H27N4O4S/c1-4-28-26(32)19-11-16-22-23(17-19)30-27(33)24(22)25(18-9-7-6-8-10-18)29-20-12-14-21(15-13-20)31(5-2)36(3,34)35/h6-17,29H,2,4-5H2,1,3H3,(H,28,32)(H,30,33)/b25-24-. The molecule has 0 aliphatic carbocycles. The van der Waals surface area contributed by atoms with Crippen LogP contribution in [0.5, 0.6) is 0 Å². The third-order valence-electron chi connectivity index (χ3n) is 5.70. The Bertz CT molecular complexity index is 1430. The highest BCUT2D eigenvalue weighted by Crippen LogP contribution is 2.38. The Morgan fingerprint density at radius 2 is 1.69 bits per heavy atom. The molecule has 8 nitrogen and oxygen atoms in total. The van der Waals surface area contributed by atoms with Crippen LogP contribution < -0.4 is 20.3 Å². The van der Waals surface area contributed by atoms with Gasteiger partial charge in [-0.1, -0.05) is 36.4 Å². The first-order valence-electron chi connectivity index (χ1n) is 11.4. The summed E-state index contributed by atoms with van der Waals surface area (Å²) in [5.41, 5.74) is 4.68. The van der Waals surface area contributed by atoms with Crippen LogP contribution in [-0.4, -0.2) is 39.6 Å². The van der Waals surface area contributed by atoms with E-state index in [-0.39, 0.29) is 18.4 Å². The summed E-state index contributed by atoms with van der Waals surface area (Å²) in [5, 5.41) is 8.98. The Kier molecular flexibility index (Phi) is 7.12. The maximum absolute atomic E-state index is 13.1. The minimum Gasteiger partial charge on any atom is -0.354 e. The summed E-state index contributed by atoms with van der Waals surface area (Å²) in [6.45, 7) is 6.12. The van der Waals surface area contributed by atoms with Crippen molar-refractivity contribution in [1.29, 1.82) is 0 Å². The molecule has 3 aromatic rings. The summed E-state index contributed by atoms with van der Waals surface area (Å²) >= 11 is 0. The molecule has 1 heterocycles. The highest BCUT2D eigenvalue weighted by atomic mass is 32.2. The molecule has 0 fully saturated rings. The van der Waals surface area contributed by atoms with Crippen molar-refractivity contribution in [1.82, 2.24) is 5.32 Å². The van der Waals surface area contributed by atoms with Gasteiger partial charge in [0, 0.05) is 35.6 Å². The van der Waals surface area contributed by atoms with Crippen molar-refractivity contribution in [3.63, 3.8) is 0 Å². The second kappa shape index (κ2) is 10.2. The Labute approximate surface area is 211 Å². The number of amides is 2. The maximum Gasteiger partial charge on any atom is 0.258 e. The molecule has 2 amide bonds. The monoisotopic (exact) mass is 503 g/mol. The van der Waals surface area contributed by atoms with E-state index in [0.29, 0.717) is 46.0 Å². The van der Waals surface area contributed by atoms with E-state index in [4.69, 9.17) is 0 Å². The normalized spacial score (nSPS) is 14.0. The SMILES string of the molecule is [CH2]CN(c1ccc(N/C(=C2\C(=O)Nc3cc(C(=O)NCC)ccc32)c2ccccc2)cc1)S(C)(=O)=O. The molecule has 3 N–H and O–H groups in total. The van der Waals surface area contributed by atoms with Gasteiger partial charge in [0.05, 0.1) is 23.2 Å². The number of nitrogens with one attached hydrogen (secondary N) is 3. The fourth-order valence-electron chi connectivity index (χ4n) is 4.05. The molecule has 0 unspecified atom stereocenters. The summed E-state index contributed by atoms with van der Waals surface area (Å²) in [5.74, 6) is -0.500. The lowest BCUT2D eigenvalue weighted by Crippen LogP contribution is -2.29. The number of nitrogens with zero attached hydrogens (tertiary/aromatic N) is 1. The van der Waals surface area contributed by atoms with Crippen molar-refractivity contribution < 1.29 is 18.0 Å². The summed E-state index contributed by atoms with van der Waals surface area (Å²) in [4.78, 5) is 25.4. The molecule has 1 aliphatic heterocycles. The van der Waals surface area contributed by atoms with Crippen molar-refractivity contribution >= 4 is 50.2 Å². The molecule has 36 heavy (non-hydrogen) atoms. The molecule has 185 valence electrons. The number of hydrogen-bond donors (Lipinski definition) is 3. The fraction of sp³-hybridized carbons (Fsp3) is 0.148. The molecule has 0 aromatic heterocycles. The van der Waals surface area contributed by atoms with Crippen LogP contribution in [0.4, 0.5) is 17.1 Å². The van der Waals surface area contributed by atoms with Crippen molar-refractivity contribution in [2.75, 3.05) is 34.3 Å². The van der Waals surface area contributed by atoms with Crippen molar-refractivity contribution in [3.05, 3.63) is 96.4 Å². The highest BCUT2D eigenvalue weighted by Gasteiger charge is 2.29. The van der Waals surface area contributed by atoms with Gasteiger partial charge in [-0.2, -0.15) is 0 Å². The number of anilines is 3. The third-order valence-corrected chi connectivity index (χ3v) is 6.90. The molecule has 0 bridgehead atoms. The molecule has 1 radical (unpaired) electrons. The Hall–Kier alpha value is -4.11. The number of carbonyl (C=O) groups is 2. The predicted molar refractivity (Wildman–Crippen MR) is 144 cm³/mol. The second-order valence-corrected chi connectivity index (χ2v) is 10.1. The van der Waals surface area contributed by atoms with Gasteiger partial charge in [-0.05, 0) is 55.8 Å². The molecular formula is C27H27N4O4S. The molecular weight excluding hydrogens is 476 g/mol.